The second kappa shape index (κ2) is 6.95. The van der Waals surface area contributed by atoms with Crippen molar-refractivity contribution in [3.05, 3.63) is 50.4 Å². The molecule has 0 amide bonds. The van der Waals surface area contributed by atoms with Gasteiger partial charge in [0.25, 0.3) is 10.0 Å². The van der Waals surface area contributed by atoms with Gasteiger partial charge in [0, 0.05) is 7.05 Å². The van der Waals surface area contributed by atoms with Crippen LogP contribution >= 0.6 is 46.4 Å². The second-order valence-corrected chi connectivity index (χ2v) is 7.92. The van der Waals surface area contributed by atoms with Gasteiger partial charge in [-0.2, -0.15) is 0 Å². The number of nitrogens with zero attached hydrogens (tertiary/aromatic N) is 1. The molecule has 0 N–H and O–H groups in total. The van der Waals surface area contributed by atoms with Gasteiger partial charge < -0.3 is 4.74 Å². The molecule has 0 aliphatic rings. The Morgan fingerprint density at radius 1 is 0.957 bits per heavy atom. The fourth-order valence-corrected chi connectivity index (χ4v) is 4.38. The van der Waals surface area contributed by atoms with Gasteiger partial charge in [-0.25, -0.2) is 8.42 Å². The molecule has 124 valence electrons. The zero-order valence-corrected chi connectivity index (χ0v) is 15.8. The van der Waals surface area contributed by atoms with E-state index in [0.717, 1.165) is 4.31 Å². The van der Waals surface area contributed by atoms with Gasteiger partial charge in [0.1, 0.15) is 15.7 Å². The van der Waals surface area contributed by atoms with Crippen molar-refractivity contribution in [2.75, 3.05) is 18.5 Å². The molecule has 0 aromatic heterocycles. The topological polar surface area (TPSA) is 46.6 Å². The number of ether oxygens (including phenoxy) is 1. The number of halogens is 4. The fourth-order valence-electron chi connectivity index (χ4n) is 1.88. The van der Waals surface area contributed by atoms with E-state index in [1.807, 2.05) is 0 Å². The SMILES string of the molecule is COc1ccc(S(=O)(=O)N(C)c2cccc(Cl)c2Cl)c(Cl)c1Cl. The lowest BCUT2D eigenvalue weighted by Gasteiger charge is -2.22. The maximum Gasteiger partial charge on any atom is 0.265 e. The van der Waals surface area contributed by atoms with Crippen LogP contribution in [0.5, 0.6) is 5.75 Å². The predicted octanol–water partition coefficient (Wildman–Crippen LogP) is 5.13. The Balaban J connectivity index is 2.59. The Hall–Kier alpha value is -0.850. The van der Waals surface area contributed by atoms with E-state index in [1.54, 1.807) is 12.1 Å². The average molecular weight is 415 g/mol. The Morgan fingerprint density at radius 3 is 2.22 bits per heavy atom. The number of hydrogen-bond donors (Lipinski definition) is 0. The van der Waals surface area contributed by atoms with Gasteiger partial charge in [0.2, 0.25) is 0 Å². The van der Waals surface area contributed by atoms with Crippen LogP contribution in [0.3, 0.4) is 0 Å². The van der Waals surface area contributed by atoms with E-state index >= 15 is 0 Å². The second-order valence-electron chi connectivity index (χ2n) is 4.44. The summed E-state index contributed by atoms with van der Waals surface area (Å²) < 4.78 is 31.6. The minimum Gasteiger partial charge on any atom is -0.495 e. The van der Waals surface area contributed by atoms with E-state index in [4.69, 9.17) is 51.1 Å². The quantitative estimate of drug-likeness (QED) is 0.696. The van der Waals surface area contributed by atoms with Crippen LogP contribution in [0.1, 0.15) is 0 Å². The van der Waals surface area contributed by atoms with Crippen molar-refractivity contribution < 1.29 is 13.2 Å². The lowest BCUT2D eigenvalue weighted by atomic mass is 10.3. The molecular formula is C14H11Cl4NO3S. The van der Waals surface area contributed by atoms with E-state index in [0.29, 0.717) is 0 Å². The Bertz CT molecular complexity index is 855. The van der Waals surface area contributed by atoms with Crippen LogP contribution in [-0.4, -0.2) is 22.6 Å². The van der Waals surface area contributed by atoms with Crippen LogP contribution in [0, 0.1) is 0 Å². The molecule has 0 spiro atoms. The number of sulfonamides is 1. The first kappa shape index (κ1) is 18.5. The number of anilines is 1. The molecule has 2 rings (SSSR count). The summed E-state index contributed by atoms with van der Waals surface area (Å²) in [4.78, 5) is -0.163. The van der Waals surface area contributed by atoms with Crippen LogP contribution in [0.25, 0.3) is 0 Å². The van der Waals surface area contributed by atoms with E-state index in [2.05, 4.69) is 0 Å². The third-order valence-electron chi connectivity index (χ3n) is 3.14. The van der Waals surface area contributed by atoms with E-state index in [1.165, 1.54) is 32.4 Å². The fraction of sp³-hybridized carbons (Fsp3) is 0.143. The van der Waals surface area contributed by atoms with Gasteiger partial charge >= 0.3 is 0 Å². The first-order valence-corrected chi connectivity index (χ1v) is 9.12. The largest absolute Gasteiger partial charge is 0.495 e. The molecule has 0 atom stereocenters. The molecule has 23 heavy (non-hydrogen) atoms. The van der Waals surface area contributed by atoms with E-state index < -0.39 is 10.0 Å². The van der Waals surface area contributed by atoms with E-state index in [9.17, 15) is 8.42 Å². The molecule has 0 unspecified atom stereocenters. The van der Waals surface area contributed by atoms with Gasteiger partial charge in [-0.3, -0.25) is 4.31 Å². The summed E-state index contributed by atoms with van der Waals surface area (Å²) in [5.41, 5.74) is 0.224. The first-order chi connectivity index (χ1) is 10.7. The van der Waals surface area contributed by atoms with Gasteiger partial charge in [0.15, 0.2) is 0 Å². The molecule has 4 nitrogen and oxygen atoms in total. The van der Waals surface area contributed by atoms with Gasteiger partial charge in [0.05, 0.1) is 27.9 Å². The highest BCUT2D eigenvalue weighted by Crippen LogP contribution is 2.40. The summed E-state index contributed by atoms with van der Waals surface area (Å²) in [5, 5.41) is 0.248. The number of hydrogen-bond acceptors (Lipinski definition) is 3. The third-order valence-corrected chi connectivity index (χ3v) is 6.74. The summed E-state index contributed by atoms with van der Waals surface area (Å²) in [6.45, 7) is 0. The zero-order valence-electron chi connectivity index (χ0n) is 12.0. The van der Waals surface area contributed by atoms with Crippen molar-refractivity contribution in [1.29, 1.82) is 0 Å². The van der Waals surface area contributed by atoms with Crippen LogP contribution in [0.15, 0.2) is 35.2 Å². The van der Waals surface area contributed by atoms with Crippen LogP contribution in [0.2, 0.25) is 20.1 Å². The molecule has 0 bridgehead atoms. The lowest BCUT2D eigenvalue weighted by Crippen LogP contribution is -2.27. The van der Waals surface area contributed by atoms with Crippen molar-refractivity contribution in [2.45, 2.75) is 4.90 Å². The van der Waals surface area contributed by atoms with Crippen molar-refractivity contribution in [2.24, 2.45) is 0 Å². The number of benzene rings is 2. The minimum absolute atomic E-state index is 0.0147. The van der Waals surface area contributed by atoms with E-state index in [-0.39, 0.29) is 36.4 Å². The van der Waals surface area contributed by atoms with Crippen molar-refractivity contribution in [3.8, 4) is 5.75 Å². The maximum absolute atomic E-state index is 12.8. The van der Waals surface area contributed by atoms with Crippen molar-refractivity contribution in [1.82, 2.24) is 0 Å². The summed E-state index contributed by atoms with van der Waals surface area (Å²) in [5.74, 6) is 0.277. The van der Waals surface area contributed by atoms with Crippen LogP contribution < -0.4 is 9.04 Å². The Morgan fingerprint density at radius 2 is 1.61 bits per heavy atom. The van der Waals surface area contributed by atoms with Crippen molar-refractivity contribution in [3.63, 3.8) is 0 Å². The summed E-state index contributed by atoms with van der Waals surface area (Å²) in [6.07, 6.45) is 0. The Labute approximate surface area is 154 Å². The highest BCUT2D eigenvalue weighted by atomic mass is 35.5. The van der Waals surface area contributed by atoms with Gasteiger partial charge in [-0.15, -0.1) is 0 Å². The zero-order chi connectivity index (χ0) is 17.4. The lowest BCUT2D eigenvalue weighted by molar-refractivity contribution is 0.414. The van der Waals surface area contributed by atoms with Gasteiger partial charge in [-0.05, 0) is 24.3 Å². The molecule has 0 aliphatic heterocycles. The smallest absolute Gasteiger partial charge is 0.265 e. The third kappa shape index (κ3) is 3.35. The standard InChI is InChI=1S/C14H11Cl4NO3S/c1-19(9-5-3-4-8(15)12(9)16)23(20,21)11-7-6-10(22-2)13(17)14(11)18/h3-7H,1-2H3. The molecule has 2 aromatic rings. The van der Waals surface area contributed by atoms with Crippen molar-refractivity contribution >= 4 is 62.1 Å². The van der Waals surface area contributed by atoms with Crippen LogP contribution in [-0.2, 0) is 10.0 Å². The van der Waals surface area contributed by atoms with Gasteiger partial charge in [-0.1, -0.05) is 52.5 Å². The molecule has 0 fully saturated rings. The maximum atomic E-state index is 12.8. The molecular weight excluding hydrogens is 404 g/mol. The molecule has 0 aliphatic carbocycles. The molecule has 0 heterocycles. The summed E-state index contributed by atoms with van der Waals surface area (Å²) in [6, 6.07) is 7.43. The minimum atomic E-state index is -3.99. The predicted molar refractivity (Wildman–Crippen MR) is 95.1 cm³/mol. The molecule has 0 saturated carbocycles. The normalized spacial score (nSPS) is 11.4. The van der Waals surface area contributed by atoms with Crippen LogP contribution in [0.4, 0.5) is 5.69 Å². The highest BCUT2D eigenvalue weighted by Gasteiger charge is 2.28. The summed E-state index contributed by atoms with van der Waals surface area (Å²) in [7, 11) is -1.24. The number of rotatable bonds is 4. The highest BCUT2D eigenvalue weighted by molar-refractivity contribution is 7.93. The molecule has 0 radical (unpaired) electrons. The average Bonchev–Trinajstić information content (AvgIpc) is 2.51. The monoisotopic (exact) mass is 413 g/mol. The molecule has 0 saturated heterocycles. The molecule has 9 heteroatoms. The molecule has 2 aromatic carbocycles. The Kier molecular flexibility index (Phi) is 5.59. The summed E-state index contributed by atoms with van der Waals surface area (Å²) >= 11 is 24.1. The number of methoxy groups -OCH3 is 1. The first-order valence-electron chi connectivity index (χ1n) is 6.16.